The molecule has 0 bridgehead atoms. The number of alkyl halides is 3. The van der Waals surface area contributed by atoms with Gasteiger partial charge in [0.1, 0.15) is 0 Å². The average molecular weight is 800 g/mol. The van der Waals surface area contributed by atoms with Gasteiger partial charge < -0.3 is 0 Å². The third-order valence-corrected chi connectivity index (χ3v) is 13.1. The van der Waals surface area contributed by atoms with Crippen LogP contribution in [0.5, 0.6) is 0 Å². The first-order valence-corrected chi connectivity index (χ1v) is 18.9. The van der Waals surface area contributed by atoms with Gasteiger partial charge in [-0.1, -0.05) is 160 Å². The maximum atomic E-state index is 13.1. The molecule has 0 atom stereocenters. The van der Waals surface area contributed by atoms with E-state index in [4.69, 9.17) is 6.58 Å². The predicted octanol–water partition coefficient (Wildman–Crippen LogP) is 11.2. The molecule has 0 N–H and O–H groups in total. The van der Waals surface area contributed by atoms with Crippen molar-refractivity contribution in [3.8, 4) is 0 Å². The molecule has 49 heavy (non-hydrogen) atoms. The number of halogens is 4. The normalized spacial score (nSPS) is 10.7. The molecule has 253 valence electrons. The molecule has 0 fully saturated rings. The number of benzene rings is 6. The van der Waals surface area contributed by atoms with Crippen LogP contribution in [0.25, 0.3) is 5.57 Å². The molecule has 0 aliphatic heterocycles. The van der Waals surface area contributed by atoms with Crippen LogP contribution in [0.4, 0.5) is 13.2 Å². The Kier molecular flexibility index (Phi) is 16.7. The van der Waals surface area contributed by atoms with Crippen molar-refractivity contribution in [2.24, 2.45) is 0 Å². The second-order valence-electron chi connectivity index (χ2n) is 11.1. The van der Waals surface area contributed by atoms with Crippen LogP contribution in [-0.2, 0) is 35.0 Å². The minimum Gasteiger partial charge on any atom is -0.166 e. The first-order valence-electron chi connectivity index (χ1n) is 15.5. The molecule has 0 heterocycles. The molecule has 7 heteroatoms. The summed E-state index contributed by atoms with van der Waals surface area (Å²) in [5, 5.41) is 3.80. The van der Waals surface area contributed by atoms with Crippen LogP contribution in [-0.4, -0.2) is 6.18 Å². The fraction of sp³-hybridized carbons (Fsp3) is 0.0952. The van der Waals surface area contributed by atoms with Gasteiger partial charge in [0.05, 0.1) is 30.3 Å². The zero-order chi connectivity index (χ0) is 32.9. The smallest absolute Gasteiger partial charge is 0.166 e. The Morgan fingerprint density at radius 1 is 0.531 bits per heavy atom. The molecule has 0 amide bonds. The van der Waals surface area contributed by atoms with Crippen molar-refractivity contribution in [1.29, 1.82) is 0 Å². The van der Waals surface area contributed by atoms with E-state index in [1.165, 1.54) is 22.5 Å². The van der Waals surface area contributed by atoms with Crippen molar-refractivity contribution in [3.63, 3.8) is 0 Å². The Morgan fingerprint density at radius 3 is 1.33 bits per heavy atom. The van der Waals surface area contributed by atoms with Crippen molar-refractivity contribution >= 4 is 54.3 Å². The van der Waals surface area contributed by atoms with Gasteiger partial charge in [-0.2, -0.15) is 13.2 Å². The van der Waals surface area contributed by atoms with Crippen LogP contribution in [0.3, 0.4) is 0 Å². The number of rotatable bonds is 10. The van der Waals surface area contributed by atoms with E-state index < -0.39 is 19.7 Å². The molecule has 0 aromatic heterocycles. The molecule has 1 radical (unpaired) electrons. The molecule has 0 unspecified atom stereocenters. The summed E-state index contributed by atoms with van der Waals surface area (Å²) in [4.78, 5) is 0. The van der Waals surface area contributed by atoms with Gasteiger partial charge in [-0.05, 0) is 70.7 Å². The van der Waals surface area contributed by atoms with Gasteiger partial charge >= 0.3 is 6.18 Å². The zero-order valence-electron chi connectivity index (χ0n) is 26.7. The van der Waals surface area contributed by atoms with Crippen molar-refractivity contribution in [2.45, 2.75) is 24.7 Å². The number of hydrogen-bond acceptors (Lipinski definition) is 0. The maximum absolute atomic E-state index is 13.1. The van der Waals surface area contributed by atoms with Crippen LogP contribution in [0.15, 0.2) is 176 Å². The molecule has 6 aromatic carbocycles. The minimum atomic E-state index is -4.54. The van der Waals surface area contributed by atoms with Crippen molar-refractivity contribution in [3.05, 3.63) is 205 Å². The monoisotopic (exact) mass is 798 g/mol. The standard InChI is InChI=1S/C22H17F3P.C20H19P.BrH.Ni/c1-17(22(23,24)25)21-15-9-8-10-18(21)16-26(19-11-4-2-5-12-19)20-13-6-3-7-14-20;1-4-10-18(11-5-1)16-21(20-14-8-3-9-15-20)17-19-12-6-2-7-13-19;;/h1-15H,16H2;1-15H,16-17H2;1H;/p+1. The number of hydrogen-bond donors (Lipinski definition) is 0. The largest absolute Gasteiger partial charge is 0.416 e. The van der Waals surface area contributed by atoms with E-state index in [0.717, 1.165) is 22.9 Å². The molecule has 0 aliphatic carbocycles. The second kappa shape index (κ2) is 20.4. The molecular formula is C42H38BrF3NiP2+. The summed E-state index contributed by atoms with van der Waals surface area (Å²) >= 11 is 0. The topological polar surface area (TPSA) is 0 Å². The van der Waals surface area contributed by atoms with Crippen LogP contribution < -0.4 is 15.9 Å². The third-order valence-electron chi connectivity index (χ3n) is 7.78. The Morgan fingerprint density at radius 2 is 0.898 bits per heavy atom. The summed E-state index contributed by atoms with van der Waals surface area (Å²) in [6, 6.07) is 59.1. The van der Waals surface area contributed by atoms with Crippen molar-refractivity contribution in [2.75, 3.05) is 0 Å². The van der Waals surface area contributed by atoms with Crippen LogP contribution >= 0.6 is 32.8 Å². The molecule has 0 spiro atoms. The number of allylic oxidation sites excluding steroid dienone is 1. The molecule has 6 rings (SSSR count). The second-order valence-corrected chi connectivity index (χ2v) is 15.8. The van der Waals surface area contributed by atoms with Gasteiger partial charge in [-0.25, -0.2) is 0 Å². The van der Waals surface area contributed by atoms with E-state index in [2.05, 4.69) is 91.0 Å². The molecule has 0 saturated heterocycles. The Hall–Kier alpha value is -3.32. The summed E-state index contributed by atoms with van der Waals surface area (Å²) in [7, 11) is -1.50. The van der Waals surface area contributed by atoms with E-state index in [-0.39, 0.29) is 47.0 Å². The first kappa shape index (κ1) is 40.1. The predicted molar refractivity (Wildman–Crippen MR) is 208 cm³/mol. The summed E-state index contributed by atoms with van der Waals surface area (Å²) < 4.78 is 39.4. The van der Waals surface area contributed by atoms with Crippen molar-refractivity contribution < 1.29 is 29.7 Å². The summed E-state index contributed by atoms with van der Waals surface area (Å²) in [6.45, 7) is 5.43. The maximum Gasteiger partial charge on any atom is 0.416 e. The van der Waals surface area contributed by atoms with Gasteiger partial charge in [0.2, 0.25) is 0 Å². The molecular weight excluding hydrogens is 762 g/mol. The van der Waals surface area contributed by atoms with Crippen molar-refractivity contribution in [1.82, 2.24) is 0 Å². The molecule has 0 nitrogen and oxygen atoms in total. The van der Waals surface area contributed by atoms with E-state index >= 15 is 0 Å². The van der Waals surface area contributed by atoms with E-state index in [1.54, 1.807) is 18.2 Å². The average Bonchev–Trinajstić information content (AvgIpc) is 3.12. The third kappa shape index (κ3) is 12.2. The summed E-state index contributed by atoms with van der Waals surface area (Å²) in [6.07, 6.45) is -1.71. The zero-order valence-corrected chi connectivity index (χ0v) is 31.3. The fourth-order valence-corrected chi connectivity index (χ4v) is 10.4. The summed E-state index contributed by atoms with van der Waals surface area (Å²) in [5.74, 6) is 0. The van der Waals surface area contributed by atoms with Crippen LogP contribution in [0.2, 0.25) is 0 Å². The molecule has 6 aromatic rings. The Bertz CT molecular complexity index is 1720. The van der Waals surface area contributed by atoms with Gasteiger partial charge in [-0.3, -0.25) is 0 Å². The SMILES string of the molecule is Br.[CH]=C(c1ccccc1C[PH+](c1ccccc1)c1ccccc1)C(F)(F)F.[Ni].c1ccc(CP(Cc2ccccc2)c2ccccc2)cc1. The van der Waals surface area contributed by atoms with Crippen LogP contribution in [0.1, 0.15) is 22.3 Å². The first-order chi connectivity index (χ1) is 22.9. The van der Waals surface area contributed by atoms with Gasteiger partial charge in [0.25, 0.3) is 0 Å². The Labute approximate surface area is 311 Å². The van der Waals surface area contributed by atoms with Gasteiger partial charge in [0, 0.05) is 16.5 Å². The van der Waals surface area contributed by atoms with E-state index in [9.17, 15) is 13.2 Å². The fourth-order valence-electron chi connectivity index (χ4n) is 5.41. The van der Waals surface area contributed by atoms with Gasteiger partial charge in [0.15, 0.2) is 0 Å². The molecule has 0 aliphatic rings. The van der Waals surface area contributed by atoms with E-state index in [0.29, 0.717) is 11.7 Å². The molecule has 0 saturated carbocycles. The van der Waals surface area contributed by atoms with E-state index in [1.807, 2.05) is 60.7 Å². The Balaban J connectivity index is 0.000000260. The quantitative estimate of drug-likeness (QED) is 0.0956. The van der Waals surface area contributed by atoms with Crippen LogP contribution in [0, 0.1) is 6.58 Å². The summed E-state index contributed by atoms with van der Waals surface area (Å²) in [5.41, 5.74) is 2.54. The minimum absolute atomic E-state index is 0. The van der Waals surface area contributed by atoms with Gasteiger partial charge in [-0.15, -0.1) is 17.0 Å².